The van der Waals surface area contributed by atoms with Crippen molar-refractivity contribution in [3.05, 3.63) is 86.1 Å². The molecule has 11 heteroatoms. The van der Waals surface area contributed by atoms with E-state index in [1.807, 2.05) is 0 Å². The van der Waals surface area contributed by atoms with Crippen LogP contribution >= 0.6 is 11.3 Å². The number of rotatable bonds is 5. The van der Waals surface area contributed by atoms with E-state index in [-0.39, 0.29) is 18.1 Å². The summed E-state index contributed by atoms with van der Waals surface area (Å²) in [5, 5.41) is 0. The minimum Gasteiger partial charge on any atom is -0.494 e. The smallest absolute Gasteiger partial charge is 0.410 e. The lowest BCUT2D eigenvalue weighted by Crippen LogP contribution is -2.47. The Hall–Kier alpha value is -3.99. The first-order valence-corrected chi connectivity index (χ1v) is 14.5. The van der Waals surface area contributed by atoms with Gasteiger partial charge in [0.1, 0.15) is 16.1 Å². The van der Waals surface area contributed by atoms with Crippen molar-refractivity contribution < 1.29 is 23.0 Å². The van der Waals surface area contributed by atoms with Gasteiger partial charge in [-0.1, -0.05) is 12.1 Å². The van der Waals surface area contributed by atoms with Gasteiger partial charge in [0.15, 0.2) is 11.6 Å². The molecule has 222 valence electrons. The molecular formula is C31H33F2N3O5S. The zero-order chi connectivity index (χ0) is 30.3. The van der Waals surface area contributed by atoms with Gasteiger partial charge >= 0.3 is 11.8 Å². The minimum atomic E-state index is -0.635. The molecular weight excluding hydrogens is 564 g/mol. The maximum absolute atomic E-state index is 14.6. The van der Waals surface area contributed by atoms with E-state index in [0.717, 1.165) is 5.56 Å². The molecule has 0 radical (unpaired) electrons. The number of fused-ring (bicyclic) bond motifs is 1. The number of hydrogen-bond donors (Lipinski definition) is 0. The third-order valence-electron chi connectivity index (χ3n) is 7.35. The Morgan fingerprint density at radius 3 is 2.38 bits per heavy atom. The molecule has 1 saturated heterocycles. The summed E-state index contributed by atoms with van der Waals surface area (Å²) >= 11 is 1.24. The largest absolute Gasteiger partial charge is 0.494 e. The number of benzene rings is 2. The second-order valence-corrected chi connectivity index (χ2v) is 12.5. The molecule has 0 saturated carbocycles. The van der Waals surface area contributed by atoms with Crippen LogP contribution in [0.3, 0.4) is 0 Å². The average molecular weight is 598 g/mol. The molecule has 8 nitrogen and oxygen atoms in total. The molecule has 42 heavy (non-hydrogen) atoms. The van der Waals surface area contributed by atoms with Gasteiger partial charge in [0.2, 0.25) is 0 Å². The molecule has 1 fully saturated rings. The highest BCUT2D eigenvalue weighted by Crippen LogP contribution is 2.34. The van der Waals surface area contributed by atoms with Crippen molar-refractivity contribution >= 4 is 27.6 Å². The molecule has 0 atom stereocenters. The molecule has 1 amide bonds. The predicted octanol–water partition coefficient (Wildman–Crippen LogP) is 6.11. The topological polar surface area (TPSA) is 82.8 Å². The highest BCUT2D eigenvalue weighted by Gasteiger charge is 2.30. The number of likely N-dealkylation sites (tertiary alicyclic amines) is 1. The van der Waals surface area contributed by atoms with E-state index in [0.29, 0.717) is 52.2 Å². The van der Waals surface area contributed by atoms with Crippen LogP contribution in [-0.4, -0.2) is 45.9 Å². The zero-order valence-corrected chi connectivity index (χ0v) is 25.0. The quantitative estimate of drug-likeness (QED) is 0.277. The fraction of sp³-hybridized carbons (Fsp3) is 0.387. The Balaban J connectivity index is 1.59. The van der Waals surface area contributed by atoms with Crippen molar-refractivity contribution in [2.75, 3.05) is 20.2 Å². The lowest BCUT2D eigenvalue weighted by molar-refractivity contribution is 0.0186. The fourth-order valence-corrected chi connectivity index (χ4v) is 6.49. The molecule has 2 aromatic heterocycles. The van der Waals surface area contributed by atoms with E-state index in [2.05, 4.69) is 0 Å². The molecule has 0 spiro atoms. The SMILES string of the molecule is COc1ccc(Cn2c(=O)n(C3CCN(C(=O)OC(C)(C)C)CC3)c(=O)c3sc(-c4ccc(F)cc4C)cc32)cc1F. The maximum atomic E-state index is 14.6. The molecule has 5 rings (SSSR count). The Bertz CT molecular complexity index is 1780. The lowest BCUT2D eigenvalue weighted by Gasteiger charge is -2.34. The summed E-state index contributed by atoms with van der Waals surface area (Å²) in [6.45, 7) is 7.86. The van der Waals surface area contributed by atoms with E-state index in [1.165, 1.54) is 51.8 Å². The van der Waals surface area contributed by atoms with Gasteiger partial charge in [-0.25, -0.2) is 18.4 Å². The van der Waals surface area contributed by atoms with Gasteiger partial charge in [-0.3, -0.25) is 13.9 Å². The van der Waals surface area contributed by atoms with Crippen LogP contribution in [0.15, 0.2) is 52.1 Å². The summed E-state index contributed by atoms with van der Waals surface area (Å²) < 4.78 is 42.0. The summed E-state index contributed by atoms with van der Waals surface area (Å²) in [7, 11) is 1.38. The normalized spacial score (nSPS) is 14.4. The number of carbonyl (C=O) groups is 1. The fourth-order valence-electron chi connectivity index (χ4n) is 5.30. The second kappa shape index (κ2) is 11.4. The molecule has 1 aliphatic rings. The summed E-state index contributed by atoms with van der Waals surface area (Å²) in [5.41, 5.74) is 0.828. The Labute approximate surface area is 245 Å². The number of nitrogens with zero attached hydrogens (tertiary/aromatic N) is 3. The number of piperidine rings is 1. The number of methoxy groups -OCH3 is 1. The van der Waals surface area contributed by atoms with Crippen LogP contribution in [-0.2, 0) is 11.3 Å². The Kier molecular flexibility index (Phi) is 7.98. The van der Waals surface area contributed by atoms with Crippen molar-refractivity contribution in [3.63, 3.8) is 0 Å². The molecule has 0 unspecified atom stereocenters. The molecule has 0 aliphatic carbocycles. The average Bonchev–Trinajstić information content (AvgIpc) is 3.36. The van der Waals surface area contributed by atoms with Gasteiger partial charge in [0.05, 0.1) is 19.2 Å². The van der Waals surface area contributed by atoms with E-state index in [9.17, 15) is 23.2 Å². The first kappa shape index (κ1) is 29.5. The number of carbonyl (C=O) groups excluding carboxylic acids is 1. The van der Waals surface area contributed by atoms with Crippen LogP contribution in [0.5, 0.6) is 5.75 Å². The lowest BCUT2D eigenvalue weighted by atomic mass is 10.0. The van der Waals surface area contributed by atoms with Crippen LogP contribution in [0.4, 0.5) is 13.6 Å². The number of halogens is 2. The third-order valence-corrected chi connectivity index (χ3v) is 8.49. The summed E-state index contributed by atoms with van der Waals surface area (Å²) in [4.78, 5) is 42.8. The summed E-state index contributed by atoms with van der Waals surface area (Å²) in [6.07, 6.45) is 0.360. The number of aromatic nitrogens is 2. The number of thiophene rings is 1. The minimum absolute atomic E-state index is 0.0197. The van der Waals surface area contributed by atoms with Gasteiger partial charge in [0.25, 0.3) is 5.56 Å². The van der Waals surface area contributed by atoms with Crippen molar-refractivity contribution in [1.82, 2.24) is 14.0 Å². The molecule has 2 aromatic carbocycles. The van der Waals surface area contributed by atoms with Crippen LogP contribution in [0, 0.1) is 18.6 Å². The Morgan fingerprint density at radius 1 is 1.05 bits per heavy atom. The molecule has 1 aliphatic heterocycles. The molecule has 0 bridgehead atoms. The van der Waals surface area contributed by atoms with Crippen LogP contribution in [0.25, 0.3) is 20.7 Å². The van der Waals surface area contributed by atoms with E-state index in [1.54, 1.807) is 50.8 Å². The third kappa shape index (κ3) is 5.83. The van der Waals surface area contributed by atoms with Gasteiger partial charge < -0.3 is 14.4 Å². The van der Waals surface area contributed by atoms with Crippen molar-refractivity contribution in [1.29, 1.82) is 0 Å². The van der Waals surface area contributed by atoms with Gasteiger partial charge in [0, 0.05) is 24.0 Å². The maximum Gasteiger partial charge on any atom is 0.410 e. The second-order valence-electron chi connectivity index (χ2n) is 11.5. The van der Waals surface area contributed by atoms with Crippen molar-refractivity contribution in [3.8, 4) is 16.2 Å². The van der Waals surface area contributed by atoms with Crippen molar-refractivity contribution in [2.24, 2.45) is 0 Å². The van der Waals surface area contributed by atoms with E-state index < -0.39 is 34.8 Å². The number of aryl methyl sites for hydroxylation is 1. The molecule has 0 N–H and O–H groups in total. The highest BCUT2D eigenvalue weighted by atomic mass is 32.1. The monoisotopic (exact) mass is 597 g/mol. The van der Waals surface area contributed by atoms with E-state index >= 15 is 0 Å². The van der Waals surface area contributed by atoms with Gasteiger partial charge in [-0.2, -0.15) is 0 Å². The summed E-state index contributed by atoms with van der Waals surface area (Å²) in [6, 6.07) is 10.2. The van der Waals surface area contributed by atoms with Gasteiger partial charge in [-0.05, 0) is 87.6 Å². The molecule has 3 heterocycles. The van der Waals surface area contributed by atoms with E-state index in [4.69, 9.17) is 9.47 Å². The first-order valence-electron chi connectivity index (χ1n) is 13.7. The standard InChI is InChI=1S/C31H33F2N3O5S/c1-18-14-20(32)7-8-22(18)26-16-24-27(42-26)28(37)36(21-10-12-34(13-11-21)30(39)41-31(2,3)4)29(38)35(24)17-19-6-9-25(40-5)23(33)15-19/h6-9,14-16,21H,10-13,17H2,1-5H3. The number of amides is 1. The van der Waals surface area contributed by atoms with Crippen molar-refractivity contribution in [2.45, 2.75) is 58.7 Å². The highest BCUT2D eigenvalue weighted by molar-refractivity contribution is 7.22. The van der Waals surface area contributed by atoms with Crippen LogP contribution in [0.2, 0.25) is 0 Å². The summed E-state index contributed by atoms with van der Waals surface area (Å²) in [5.74, 6) is -0.839. The van der Waals surface area contributed by atoms with Crippen LogP contribution < -0.4 is 16.0 Å². The number of hydrogen-bond acceptors (Lipinski definition) is 6. The van der Waals surface area contributed by atoms with Crippen LogP contribution in [0.1, 0.15) is 50.8 Å². The first-order chi connectivity index (χ1) is 19.9. The predicted molar refractivity (Wildman–Crippen MR) is 159 cm³/mol. The zero-order valence-electron chi connectivity index (χ0n) is 24.2. The Morgan fingerprint density at radius 2 is 1.76 bits per heavy atom. The molecule has 4 aromatic rings. The van der Waals surface area contributed by atoms with Gasteiger partial charge in [-0.15, -0.1) is 11.3 Å². The number of ether oxygens (including phenoxy) is 2.